The molecule has 0 aromatic rings. The van der Waals surface area contributed by atoms with Crippen molar-refractivity contribution in [2.45, 2.75) is 6.29 Å². The second kappa shape index (κ2) is 8.78. The molecule has 2 fully saturated rings. The van der Waals surface area contributed by atoms with Gasteiger partial charge in [0, 0.05) is 24.7 Å². The van der Waals surface area contributed by atoms with Gasteiger partial charge >= 0.3 is 23.0 Å². The van der Waals surface area contributed by atoms with Gasteiger partial charge in [-0.05, 0) is 57.8 Å². The van der Waals surface area contributed by atoms with Gasteiger partial charge in [-0.15, -0.1) is 0 Å². The summed E-state index contributed by atoms with van der Waals surface area (Å²) in [6, 6.07) is 0. The monoisotopic (exact) mass is 298 g/mol. The van der Waals surface area contributed by atoms with Gasteiger partial charge in [0.1, 0.15) is 0 Å². The number of rotatable bonds is 2. The van der Waals surface area contributed by atoms with E-state index >= 15 is 0 Å². The van der Waals surface area contributed by atoms with Crippen LogP contribution in [0.4, 0.5) is 0 Å². The van der Waals surface area contributed by atoms with Crippen LogP contribution in [0.3, 0.4) is 0 Å². The Morgan fingerprint density at radius 2 is 1.53 bits per heavy atom. The topological polar surface area (TPSA) is 35.5 Å². The normalized spacial score (nSPS) is 26.3. The fourth-order valence-electron chi connectivity index (χ4n) is 1.68. The van der Waals surface area contributed by atoms with E-state index in [0.717, 1.165) is 11.5 Å². The van der Waals surface area contributed by atoms with Gasteiger partial charge in [0.25, 0.3) is 0 Å². The van der Waals surface area contributed by atoms with Crippen LogP contribution in [0.1, 0.15) is 0 Å². The molecule has 3 rings (SSSR count). The first kappa shape index (κ1) is 16.7. The van der Waals surface area contributed by atoms with Crippen molar-refractivity contribution in [1.29, 1.82) is 0 Å². The summed E-state index contributed by atoms with van der Waals surface area (Å²) < 4.78 is 9.90. The molecular weight excluding hydrogens is 284 g/mol. The maximum Gasteiger partial charge on any atom is 2.00 e. The fourth-order valence-corrected chi connectivity index (χ4v) is 1.68. The van der Waals surface area contributed by atoms with Gasteiger partial charge in [-0.1, -0.05) is 0 Å². The third kappa shape index (κ3) is 4.94. The van der Waals surface area contributed by atoms with E-state index in [0.29, 0.717) is 0 Å². The Balaban J connectivity index is 0.000000256. The Bertz CT molecular complexity index is 297. The van der Waals surface area contributed by atoms with Crippen LogP contribution in [-0.2, 0) is 31.3 Å². The SMILES string of the molecule is COC1OC(=O)C=C1[C]1[CH][CH][CH][CH]1.[CH]1[CH][CH][CH][CH]1.[Fe+2]. The maximum absolute atomic E-state index is 10.9. The summed E-state index contributed by atoms with van der Waals surface area (Å²) in [6.45, 7) is 0. The quantitative estimate of drug-likeness (QED) is 0.577. The molecule has 1 atom stereocenters. The average molecular weight is 298 g/mol. The molecule has 1 heterocycles. The predicted octanol–water partition coefficient (Wildman–Crippen LogP) is 1.87. The van der Waals surface area contributed by atoms with E-state index in [1.54, 1.807) is 0 Å². The Morgan fingerprint density at radius 3 is 2.00 bits per heavy atom. The van der Waals surface area contributed by atoms with Gasteiger partial charge in [-0.2, -0.15) is 0 Å². The van der Waals surface area contributed by atoms with Crippen molar-refractivity contribution in [3.8, 4) is 0 Å². The zero-order valence-corrected chi connectivity index (χ0v) is 11.5. The second-order valence-corrected chi connectivity index (χ2v) is 3.74. The zero-order chi connectivity index (χ0) is 12.8. The standard InChI is InChI=1S/C10H9O3.C5H5.Fe/c1-12-10-8(6-9(11)13-10)7-4-2-3-5-7;1-2-4-5-3-1;/h2-6,10H,1H3;1-5H;/q;;+2. The number of hydrogen-bond acceptors (Lipinski definition) is 3. The molecule has 0 saturated heterocycles. The number of ether oxygens (including phenoxy) is 2. The van der Waals surface area contributed by atoms with Gasteiger partial charge < -0.3 is 9.47 Å². The van der Waals surface area contributed by atoms with Gasteiger partial charge in [-0.3, -0.25) is 0 Å². The van der Waals surface area contributed by atoms with Crippen LogP contribution in [0.15, 0.2) is 11.6 Å². The summed E-state index contributed by atoms with van der Waals surface area (Å²) >= 11 is 0. The van der Waals surface area contributed by atoms with Gasteiger partial charge in [0.15, 0.2) is 0 Å². The molecule has 0 aromatic carbocycles. The number of esters is 1. The Morgan fingerprint density at radius 1 is 1.00 bits per heavy atom. The molecule has 2 saturated carbocycles. The van der Waals surface area contributed by atoms with Crippen molar-refractivity contribution in [3.63, 3.8) is 0 Å². The van der Waals surface area contributed by atoms with Gasteiger partial charge in [0.2, 0.25) is 6.29 Å². The van der Waals surface area contributed by atoms with E-state index in [9.17, 15) is 4.79 Å². The maximum atomic E-state index is 10.9. The van der Waals surface area contributed by atoms with E-state index in [4.69, 9.17) is 9.47 Å². The van der Waals surface area contributed by atoms with Crippen LogP contribution in [0.25, 0.3) is 0 Å². The van der Waals surface area contributed by atoms with Gasteiger partial charge in [-0.25, -0.2) is 4.79 Å². The van der Waals surface area contributed by atoms with E-state index < -0.39 is 6.29 Å². The van der Waals surface area contributed by atoms with Crippen molar-refractivity contribution in [2.75, 3.05) is 7.11 Å². The first-order valence-corrected chi connectivity index (χ1v) is 5.65. The van der Waals surface area contributed by atoms with Crippen LogP contribution >= 0.6 is 0 Å². The Hall–Kier alpha value is -0.311. The molecule has 1 unspecified atom stereocenters. The third-order valence-corrected chi connectivity index (χ3v) is 2.52. The molecule has 19 heavy (non-hydrogen) atoms. The molecule has 98 valence electrons. The molecule has 0 amide bonds. The minimum absolute atomic E-state index is 0. The predicted molar refractivity (Wildman–Crippen MR) is 66.9 cm³/mol. The number of carbonyl (C=O) groups excluding carboxylic acids is 1. The molecule has 0 N–H and O–H groups in total. The van der Waals surface area contributed by atoms with Crippen LogP contribution in [0.2, 0.25) is 0 Å². The van der Waals surface area contributed by atoms with Crippen LogP contribution in [0, 0.1) is 63.7 Å². The summed E-state index contributed by atoms with van der Waals surface area (Å²) in [4.78, 5) is 10.9. The molecule has 3 aliphatic rings. The van der Waals surface area contributed by atoms with Crippen molar-refractivity contribution in [2.24, 2.45) is 0 Å². The number of carbonyl (C=O) groups is 1. The van der Waals surface area contributed by atoms with Crippen molar-refractivity contribution in [3.05, 3.63) is 75.4 Å². The average Bonchev–Trinajstić information content (AvgIpc) is 3.12. The molecule has 3 nitrogen and oxygen atoms in total. The van der Waals surface area contributed by atoms with Crippen LogP contribution < -0.4 is 0 Å². The molecule has 4 heteroatoms. The van der Waals surface area contributed by atoms with Crippen LogP contribution in [0.5, 0.6) is 0 Å². The van der Waals surface area contributed by atoms with Crippen LogP contribution in [-0.4, -0.2) is 19.4 Å². The van der Waals surface area contributed by atoms with E-state index in [1.807, 2.05) is 57.8 Å². The summed E-state index contributed by atoms with van der Waals surface area (Å²) in [6.07, 6.45) is 18.6. The Kier molecular flexibility index (Phi) is 7.74. The first-order valence-electron chi connectivity index (χ1n) is 5.65. The summed E-state index contributed by atoms with van der Waals surface area (Å²) in [5.74, 6) is 0.626. The minimum atomic E-state index is -0.546. The fraction of sp³-hybridized carbons (Fsp3) is 0.133. The number of cyclic esters (lactones) is 1. The minimum Gasteiger partial charge on any atom is -0.428 e. The summed E-state index contributed by atoms with van der Waals surface area (Å²) in [5.41, 5.74) is 0.789. The Labute approximate surface area is 126 Å². The molecule has 10 radical (unpaired) electrons. The van der Waals surface area contributed by atoms with Crippen molar-refractivity contribution < 1.29 is 31.3 Å². The van der Waals surface area contributed by atoms with Gasteiger partial charge in [0.05, 0.1) is 0 Å². The first-order chi connectivity index (χ1) is 8.81. The molecule has 1 aliphatic heterocycles. The molecular formula is C15H14FeO3+2. The number of methoxy groups -OCH3 is 1. The largest absolute Gasteiger partial charge is 2.00 e. The molecule has 0 aromatic heterocycles. The zero-order valence-electron chi connectivity index (χ0n) is 10.4. The summed E-state index contributed by atoms with van der Waals surface area (Å²) in [7, 11) is 1.51. The van der Waals surface area contributed by atoms with Crippen molar-refractivity contribution >= 4 is 5.97 Å². The van der Waals surface area contributed by atoms with E-state index in [2.05, 4.69) is 0 Å². The molecule has 0 bridgehead atoms. The third-order valence-electron chi connectivity index (χ3n) is 2.52. The van der Waals surface area contributed by atoms with E-state index in [-0.39, 0.29) is 23.0 Å². The smallest absolute Gasteiger partial charge is 0.428 e. The molecule has 2 aliphatic carbocycles. The molecule has 0 spiro atoms. The van der Waals surface area contributed by atoms with E-state index in [1.165, 1.54) is 13.2 Å². The second-order valence-electron chi connectivity index (χ2n) is 3.74. The van der Waals surface area contributed by atoms with Crippen molar-refractivity contribution in [1.82, 2.24) is 0 Å². The summed E-state index contributed by atoms with van der Waals surface area (Å²) in [5, 5.41) is 0. The number of hydrogen-bond donors (Lipinski definition) is 0.